The number of nitrogens with one attached hydrogen (secondary N) is 11. The van der Waals surface area contributed by atoms with E-state index >= 15 is 0 Å². The number of phenolic OH excluding ortho intramolecular Hbond substituents is 2. The first kappa shape index (κ1) is 79.9. The largest absolute Gasteiger partial charge is 0.508 e. The fraction of sp³-hybridized carbons (Fsp3) is 0.525. The number of benzene rings is 2. The Labute approximate surface area is 556 Å². The maximum atomic E-state index is 14.1. The van der Waals surface area contributed by atoms with Crippen molar-refractivity contribution in [1.29, 1.82) is 0 Å². The minimum atomic E-state index is -1.91. The molecule has 23 N–H and O–H groups in total. The van der Waals surface area contributed by atoms with E-state index in [2.05, 4.69) is 76.1 Å². The van der Waals surface area contributed by atoms with Gasteiger partial charge in [0.15, 0.2) is 5.96 Å². The van der Waals surface area contributed by atoms with Crippen LogP contribution in [-0.2, 0) is 84.8 Å². The van der Waals surface area contributed by atoms with E-state index in [1.807, 2.05) is 13.8 Å². The predicted octanol–water partition coefficient (Wildman–Crippen LogP) is -7.24. The molecule has 528 valence electrons. The number of guanidine groups is 1. The number of aromatic hydroxyl groups is 2. The summed E-state index contributed by atoms with van der Waals surface area (Å²) < 4.78 is 0. The van der Waals surface area contributed by atoms with Crippen molar-refractivity contribution in [2.75, 3.05) is 32.0 Å². The van der Waals surface area contributed by atoms with Crippen molar-refractivity contribution in [3.63, 3.8) is 0 Å². The Morgan fingerprint density at radius 3 is 1.54 bits per heavy atom. The maximum absolute atomic E-state index is 14.1. The van der Waals surface area contributed by atoms with Crippen LogP contribution in [-0.4, -0.2) is 218 Å². The van der Waals surface area contributed by atoms with Gasteiger partial charge in [-0.3, -0.25) is 76.9 Å². The van der Waals surface area contributed by atoms with E-state index in [9.17, 15) is 92.3 Å². The summed E-state index contributed by atoms with van der Waals surface area (Å²) in [5.41, 5.74) is 22.5. The number of carbonyl (C=O) groups is 15. The van der Waals surface area contributed by atoms with Gasteiger partial charge in [0.1, 0.15) is 78.0 Å². The van der Waals surface area contributed by atoms with E-state index in [0.29, 0.717) is 11.1 Å². The minimum absolute atomic E-state index is 0.0259. The molecular formula is C59H87N17O19S. The van der Waals surface area contributed by atoms with Gasteiger partial charge in [0, 0.05) is 38.6 Å². The first-order chi connectivity index (χ1) is 45.1. The Bertz CT molecular complexity index is 3150. The van der Waals surface area contributed by atoms with Gasteiger partial charge < -0.3 is 107 Å². The normalized spacial score (nSPS) is 15.6. The fourth-order valence-electron chi connectivity index (χ4n) is 9.57. The number of amides is 14. The highest BCUT2D eigenvalue weighted by Gasteiger charge is 2.40. The van der Waals surface area contributed by atoms with Crippen LogP contribution >= 0.6 is 12.6 Å². The van der Waals surface area contributed by atoms with Gasteiger partial charge >= 0.3 is 5.97 Å². The number of carboxylic acids is 1. The monoisotopic (exact) mass is 1370 g/mol. The Balaban J connectivity index is 1.71. The third kappa shape index (κ3) is 27.7. The molecule has 1 aliphatic heterocycles. The number of hydrogen-bond donors (Lipinski definition) is 20. The number of hydrogen-bond acceptors (Lipinski definition) is 20. The molecule has 96 heavy (non-hydrogen) atoms. The molecule has 36 nitrogen and oxygen atoms in total. The molecule has 1 fully saturated rings. The summed E-state index contributed by atoms with van der Waals surface area (Å²) in [7, 11) is 0. The van der Waals surface area contributed by atoms with Gasteiger partial charge in [-0.25, -0.2) is 0 Å². The van der Waals surface area contributed by atoms with Crippen molar-refractivity contribution in [3.05, 3.63) is 59.7 Å². The van der Waals surface area contributed by atoms with Crippen molar-refractivity contribution in [3.8, 4) is 11.5 Å². The lowest BCUT2D eigenvalue weighted by Gasteiger charge is -2.29. The zero-order valence-corrected chi connectivity index (χ0v) is 54.4. The summed E-state index contributed by atoms with van der Waals surface area (Å²) in [4.78, 5) is 203. The van der Waals surface area contributed by atoms with Crippen LogP contribution in [0.5, 0.6) is 11.5 Å². The van der Waals surface area contributed by atoms with Crippen LogP contribution in [0.2, 0.25) is 0 Å². The van der Waals surface area contributed by atoms with Crippen LogP contribution in [0.3, 0.4) is 0 Å². The number of carboxylic acid groups (broad SMARTS) is 1. The van der Waals surface area contributed by atoms with Crippen LogP contribution in [0.4, 0.5) is 0 Å². The van der Waals surface area contributed by atoms with Gasteiger partial charge in [0.2, 0.25) is 82.7 Å². The van der Waals surface area contributed by atoms with Crippen molar-refractivity contribution >= 4 is 107 Å². The number of aliphatic hydroxyl groups excluding tert-OH is 1. The molecule has 3 rings (SSSR count). The molecule has 11 atom stereocenters. The zero-order chi connectivity index (χ0) is 72.1. The molecule has 2 aromatic rings. The molecule has 14 amide bonds. The second kappa shape index (κ2) is 39.4. The van der Waals surface area contributed by atoms with Crippen molar-refractivity contribution in [2.45, 2.75) is 159 Å². The quantitative estimate of drug-likeness (QED) is 0.0128. The Morgan fingerprint density at radius 2 is 1.05 bits per heavy atom. The minimum Gasteiger partial charge on any atom is -0.508 e. The average Bonchev–Trinajstić information content (AvgIpc) is 1.71. The first-order valence-corrected chi connectivity index (χ1v) is 31.0. The highest BCUT2D eigenvalue weighted by Crippen LogP contribution is 2.20. The Morgan fingerprint density at radius 1 is 0.573 bits per heavy atom. The van der Waals surface area contributed by atoms with Crippen LogP contribution in [0, 0.1) is 5.92 Å². The number of carbonyl (C=O) groups excluding carboxylic acids is 14. The number of likely N-dealkylation sites (tertiary alicyclic amines) is 1. The summed E-state index contributed by atoms with van der Waals surface area (Å²) in [6, 6.07) is -5.11. The molecule has 0 aromatic heterocycles. The summed E-state index contributed by atoms with van der Waals surface area (Å²) in [5, 5.41) is 65.0. The summed E-state index contributed by atoms with van der Waals surface area (Å²) in [6.07, 6.45) is -1.90. The molecule has 0 spiro atoms. The van der Waals surface area contributed by atoms with E-state index in [1.54, 1.807) is 0 Å². The number of nitrogens with two attached hydrogens (primary N) is 4. The summed E-state index contributed by atoms with van der Waals surface area (Å²) in [6.45, 7) is 5.27. The molecule has 0 aliphatic carbocycles. The van der Waals surface area contributed by atoms with Crippen molar-refractivity contribution < 1.29 is 92.3 Å². The molecule has 1 saturated heterocycles. The number of aliphatic imine (C=N–C) groups is 1. The lowest BCUT2D eigenvalue weighted by Crippen LogP contribution is -2.60. The van der Waals surface area contributed by atoms with Crippen LogP contribution in [0.1, 0.15) is 90.7 Å². The van der Waals surface area contributed by atoms with Gasteiger partial charge in [0.05, 0.1) is 26.0 Å². The van der Waals surface area contributed by atoms with E-state index in [1.165, 1.54) is 69.3 Å². The van der Waals surface area contributed by atoms with Crippen LogP contribution < -0.4 is 81.4 Å². The molecule has 0 bridgehead atoms. The number of thiol groups is 1. The van der Waals surface area contributed by atoms with Gasteiger partial charge in [-0.2, -0.15) is 12.6 Å². The summed E-state index contributed by atoms with van der Waals surface area (Å²) in [5.74, 6) is -16.1. The molecule has 0 saturated carbocycles. The zero-order valence-electron chi connectivity index (χ0n) is 53.5. The second-order valence-electron chi connectivity index (χ2n) is 23.0. The van der Waals surface area contributed by atoms with Crippen LogP contribution in [0.15, 0.2) is 53.5 Å². The lowest BCUT2D eigenvalue weighted by molar-refractivity contribution is -0.143. The molecule has 1 heterocycles. The lowest BCUT2D eigenvalue weighted by atomic mass is 10.0. The molecule has 2 aromatic carbocycles. The Hall–Kier alpha value is -10.3. The highest BCUT2D eigenvalue weighted by atomic mass is 32.1. The number of phenols is 2. The van der Waals surface area contributed by atoms with Crippen molar-refractivity contribution in [1.82, 2.24) is 63.4 Å². The molecule has 1 aliphatic rings. The number of aliphatic hydroxyl groups is 1. The first-order valence-electron chi connectivity index (χ1n) is 30.3. The third-order valence-electron chi connectivity index (χ3n) is 14.5. The molecule has 37 heteroatoms. The number of aliphatic carboxylic acids is 1. The standard InChI is InChI=1S/C59H87N17O19S/c1-28(2)20-37(68-31(5)78)53(90)72-38(21-32-10-14-34(79)15-11-32)54(91)70-36(8-6-18-64-59(62)63)51(88)66-29(3)49(86)71-40(23-45(60)81)50(87)65-25-46(82)69-41(24-47(83)84)52(89)67-30(4)58(95)76-19-7-9-44(76)57(94)75-43(27-96)56(93)73-39(22-33-12-16-35(80)17-13-33)55(92)74-42(26-77)48(61)85/h10-17,28-30,36-44,77,79-80,96H,6-9,18-27H2,1-5H3,(H2,60,81)(H2,61,85)(H,65,87)(H,66,88)(H,67,89)(H,68,78)(H,69,82)(H,70,91)(H,71,86)(H,72,90)(H,73,93)(H,74,92)(H,75,94)(H,83,84)(H4,62,63,64)/t29-,30-,36-,37-,38-,39-,40-,41-,42-,43-,44-/m0/s1. The smallest absolute Gasteiger partial charge is 0.305 e. The van der Waals surface area contributed by atoms with E-state index < -0.39 is 181 Å². The summed E-state index contributed by atoms with van der Waals surface area (Å²) >= 11 is 4.19. The topological polar surface area (TPSA) is 589 Å². The Kier molecular flexibility index (Phi) is 32.8. The van der Waals surface area contributed by atoms with E-state index in [-0.39, 0.29) is 87.2 Å². The average molecular weight is 1370 g/mol. The second-order valence-corrected chi connectivity index (χ2v) is 23.3. The van der Waals surface area contributed by atoms with Gasteiger partial charge in [0.25, 0.3) is 0 Å². The number of primary amides is 2. The third-order valence-corrected chi connectivity index (χ3v) is 14.8. The van der Waals surface area contributed by atoms with Crippen LogP contribution in [0.25, 0.3) is 0 Å². The van der Waals surface area contributed by atoms with Gasteiger partial charge in [-0.05, 0) is 87.3 Å². The van der Waals surface area contributed by atoms with E-state index in [0.717, 1.165) is 4.90 Å². The maximum Gasteiger partial charge on any atom is 0.305 e. The molecule has 0 unspecified atom stereocenters. The number of nitrogens with zero attached hydrogens (tertiary/aromatic N) is 2. The molecule has 0 radical (unpaired) electrons. The predicted molar refractivity (Wildman–Crippen MR) is 343 cm³/mol. The molecular weight excluding hydrogens is 1280 g/mol. The fourth-order valence-corrected chi connectivity index (χ4v) is 9.82. The van der Waals surface area contributed by atoms with Gasteiger partial charge in [-0.15, -0.1) is 0 Å². The van der Waals surface area contributed by atoms with Gasteiger partial charge in [-0.1, -0.05) is 38.1 Å². The highest BCUT2D eigenvalue weighted by molar-refractivity contribution is 7.80. The van der Waals surface area contributed by atoms with Crippen molar-refractivity contribution in [2.24, 2.45) is 33.8 Å². The SMILES string of the molecule is CC(=O)N[C@@H](CC(C)C)C(=O)N[C@@H](Cc1ccc(O)cc1)C(=O)N[C@@H](CCCN=C(N)N)C(=O)N[C@@H](C)C(=O)N[C@@H](CC(N)=O)C(=O)NCC(=O)N[C@@H](CC(=O)O)C(=O)N[C@@H](C)C(=O)N1CCC[C@H]1C(=O)N[C@@H](CS)C(=O)N[C@@H](Cc1ccc(O)cc1)C(=O)N[C@@H](CO)C(N)=O. The van der Waals surface area contributed by atoms with E-state index in [4.69, 9.17) is 22.9 Å². The number of rotatable bonds is 39.